The molecule has 3 N–H and O–H groups in total. The predicted molar refractivity (Wildman–Crippen MR) is 254 cm³/mol. The van der Waals surface area contributed by atoms with Crippen LogP contribution in [0.1, 0.15) is 68.5 Å². The summed E-state index contributed by atoms with van der Waals surface area (Å²) in [5.41, 5.74) is 5.31. The van der Waals surface area contributed by atoms with Gasteiger partial charge in [0.2, 0.25) is 17.7 Å². The fourth-order valence-corrected chi connectivity index (χ4v) is 9.11. The molecular weight excluding hydrogens is 888 g/mol. The molecule has 1 fully saturated rings. The molecule has 0 radical (unpaired) electrons. The molecule has 0 bridgehead atoms. The zero-order valence-electron chi connectivity index (χ0n) is 36.9. The second kappa shape index (κ2) is 22.3. The van der Waals surface area contributed by atoms with E-state index in [2.05, 4.69) is 51.6 Å². The van der Waals surface area contributed by atoms with Gasteiger partial charge >= 0.3 is 0 Å². The van der Waals surface area contributed by atoms with Crippen molar-refractivity contribution in [1.29, 1.82) is 0 Å². The van der Waals surface area contributed by atoms with Gasteiger partial charge in [0.25, 0.3) is 11.8 Å². The monoisotopic (exact) mass is 938 g/mol. The van der Waals surface area contributed by atoms with E-state index in [-0.39, 0.29) is 36.3 Å². The van der Waals surface area contributed by atoms with Gasteiger partial charge in [0.05, 0.1) is 68.9 Å². The highest BCUT2D eigenvalue weighted by Gasteiger charge is 2.45. The summed E-state index contributed by atoms with van der Waals surface area (Å²) in [5, 5.41) is 18.0. The number of rotatable bonds is 20. The largest absolute Gasteiger partial charge is 0.491 e. The summed E-state index contributed by atoms with van der Waals surface area (Å²) in [6, 6.07) is 18.2. The van der Waals surface area contributed by atoms with E-state index in [0.717, 1.165) is 37.2 Å². The number of carbonyl (C=O) groups is 5. The molecule has 1 unspecified atom stereocenters. The van der Waals surface area contributed by atoms with Crippen LogP contribution in [-0.4, -0.2) is 124 Å². The first kappa shape index (κ1) is 47.6. The molecule has 3 aliphatic heterocycles. The van der Waals surface area contributed by atoms with Crippen LogP contribution in [0.2, 0.25) is 5.02 Å². The Bertz CT molecular complexity index is 2530. The van der Waals surface area contributed by atoms with Gasteiger partial charge in [-0.2, -0.15) is 5.10 Å². The maximum absolute atomic E-state index is 13.5. The van der Waals surface area contributed by atoms with Crippen LogP contribution in [-0.2, 0) is 28.6 Å². The Balaban J connectivity index is 0.782. The highest BCUT2D eigenvalue weighted by molar-refractivity contribution is 7.17. The number of nitrogens with zero attached hydrogens (tertiary/aromatic N) is 5. The second-order valence-corrected chi connectivity index (χ2v) is 17.2. The number of aliphatic imine (C=N–C) groups is 1. The summed E-state index contributed by atoms with van der Waals surface area (Å²) >= 11 is 7.90. The van der Waals surface area contributed by atoms with E-state index in [1.807, 2.05) is 31.2 Å². The molecular formula is C47H51ClN8O9S. The molecule has 346 valence electrons. The van der Waals surface area contributed by atoms with Crippen LogP contribution in [0.3, 0.4) is 0 Å². The average Bonchev–Trinajstić information content (AvgIpc) is 3.66. The van der Waals surface area contributed by atoms with Crippen LogP contribution in [0, 0.1) is 13.8 Å². The quantitative estimate of drug-likeness (QED) is 0.0306. The highest BCUT2D eigenvalue weighted by atomic mass is 35.5. The fourth-order valence-electron chi connectivity index (χ4n) is 7.77. The lowest BCUT2D eigenvalue weighted by Gasteiger charge is -2.27. The van der Waals surface area contributed by atoms with Gasteiger partial charge in [0.1, 0.15) is 29.2 Å². The van der Waals surface area contributed by atoms with E-state index in [0.29, 0.717) is 87.3 Å². The first-order valence-electron chi connectivity index (χ1n) is 21.5. The Morgan fingerprint density at radius 1 is 0.909 bits per heavy atom. The van der Waals surface area contributed by atoms with E-state index in [1.54, 1.807) is 53.8 Å². The maximum atomic E-state index is 13.5. The Morgan fingerprint density at radius 3 is 2.30 bits per heavy atom. The van der Waals surface area contributed by atoms with Crippen LogP contribution >= 0.6 is 22.9 Å². The number of benzene rings is 3. The first-order chi connectivity index (χ1) is 31.9. The second-order valence-electron chi connectivity index (χ2n) is 15.6. The number of hydrogen-bond acceptors (Lipinski definition) is 14. The molecule has 0 spiro atoms. The van der Waals surface area contributed by atoms with Crippen molar-refractivity contribution in [2.75, 3.05) is 74.9 Å². The first-order valence-corrected chi connectivity index (χ1v) is 22.7. The molecule has 2 atom stereocenters. The van der Waals surface area contributed by atoms with Crippen molar-refractivity contribution in [3.63, 3.8) is 0 Å². The number of imide groups is 2. The standard InChI is InChI=1S/C47H51ClN8O9S/c1-28-29(2)66-47-41(28)43(31-8-10-32(48)11-9-31)52-34(27-55(47)30(3)54-49-4)26-40(58)51-33-12-14-35(15-13-33)65-25-24-64-23-22-63-21-20-62-19-18-50-37-7-5-6-36-42(37)46(61)56(45(36)60)38-16-17-39(57)53-44(38)59/h5-15,34,38,50H,4,16-27H2,1-3H3,(H,51,58)(H,53,57,59)/b54-30-/t34-,38?/m0/s1. The summed E-state index contributed by atoms with van der Waals surface area (Å²) in [7, 11) is 0. The maximum Gasteiger partial charge on any atom is 0.264 e. The number of amides is 5. The van der Waals surface area contributed by atoms with Crippen molar-refractivity contribution in [3.8, 4) is 5.75 Å². The molecule has 3 aromatic carbocycles. The number of carbonyl (C=O) groups excluding carboxylic acids is 5. The number of aryl methyl sites for hydroxylation is 1. The molecule has 4 aromatic rings. The number of anilines is 3. The lowest BCUT2D eigenvalue weighted by molar-refractivity contribution is -0.136. The minimum absolute atomic E-state index is 0.0540. The third-order valence-corrected chi connectivity index (χ3v) is 12.6. The van der Waals surface area contributed by atoms with E-state index in [1.165, 1.54) is 0 Å². The summed E-state index contributed by atoms with van der Waals surface area (Å²) < 4.78 is 22.7. The Hall–Kier alpha value is -6.31. The lowest BCUT2D eigenvalue weighted by atomic mass is 9.99. The molecule has 5 amide bonds. The molecule has 1 aromatic heterocycles. The van der Waals surface area contributed by atoms with Crippen molar-refractivity contribution in [2.45, 2.75) is 52.1 Å². The average molecular weight is 939 g/mol. The van der Waals surface area contributed by atoms with E-state index < -0.39 is 35.7 Å². The van der Waals surface area contributed by atoms with Crippen LogP contribution in [0.25, 0.3) is 0 Å². The summed E-state index contributed by atoms with van der Waals surface area (Å²) in [6.07, 6.45) is 0.271. The SMILES string of the molecule is C=N/N=C(/C)N1C[C@H](CC(=O)Nc2ccc(OCCOCCOCCOCCNc3cccc4c3C(=O)N(C3CCC(=O)NC3=O)C4=O)cc2)N=C(c2ccc(Cl)cc2)c2c1sc(C)c2C. The van der Waals surface area contributed by atoms with E-state index >= 15 is 0 Å². The topological polar surface area (TPSA) is 202 Å². The Labute approximate surface area is 391 Å². The number of ether oxygens (including phenoxy) is 4. The molecule has 0 aliphatic carbocycles. The zero-order chi connectivity index (χ0) is 46.7. The Kier molecular flexibility index (Phi) is 16.1. The molecule has 7 rings (SSSR count). The van der Waals surface area contributed by atoms with E-state index in [9.17, 15) is 24.0 Å². The number of piperidine rings is 1. The number of hydrogen-bond donors (Lipinski definition) is 3. The van der Waals surface area contributed by atoms with Crippen LogP contribution in [0.5, 0.6) is 5.75 Å². The molecule has 19 heteroatoms. The highest BCUT2D eigenvalue weighted by Crippen LogP contribution is 2.40. The summed E-state index contributed by atoms with van der Waals surface area (Å²) in [4.78, 5) is 73.1. The van der Waals surface area contributed by atoms with Crippen molar-refractivity contribution < 1.29 is 42.9 Å². The molecule has 17 nitrogen and oxygen atoms in total. The molecule has 1 saturated heterocycles. The molecule has 3 aliphatic rings. The van der Waals surface area contributed by atoms with Crippen LogP contribution in [0.15, 0.2) is 81.9 Å². The molecule has 0 saturated carbocycles. The minimum atomic E-state index is -1.03. The molecule has 4 heterocycles. The van der Waals surface area contributed by atoms with Crippen LogP contribution in [0.4, 0.5) is 16.4 Å². The number of amidine groups is 1. The van der Waals surface area contributed by atoms with Crippen molar-refractivity contribution in [2.24, 2.45) is 15.2 Å². The van der Waals surface area contributed by atoms with Crippen molar-refractivity contribution in [3.05, 3.63) is 104 Å². The van der Waals surface area contributed by atoms with Crippen molar-refractivity contribution in [1.82, 2.24) is 10.2 Å². The van der Waals surface area contributed by atoms with Crippen molar-refractivity contribution >= 4 is 87.1 Å². The number of fused-ring (bicyclic) bond motifs is 2. The van der Waals surface area contributed by atoms with Gasteiger partial charge in [0.15, 0.2) is 0 Å². The van der Waals surface area contributed by atoms with Gasteiger partial charge in [-0.1, -0.05) is 29.8 Å². The Morgan fingerprint density at radius 2 is 1.61 bits per heavy atom. The smallest absolute Gasteiger partial charge is 0.264 e. The van der Waals surface area contributed by atoms with Gasteiger partial charge in [-0.15, -0.1) is 16.4 Å². The normalized spacial score (nSPS) is 17.2. The number of nitrogens with one attached hydrogen (secondary N) is 3. The fraction of sp³-hybridized carbons (Fsp3) is 0.362. The lowest BCUT2D eigenvalue weighted by Crippen LogP contribution is -2.54. The van der Waals surface area contributed by atoms with Gasteiger partial charge in [-0.3, -0.25) is 39.2 Å². The zero-order valence-corrected chi connectivity index (χ0v) is 38.5. The summed E-state index contributed by atoms with van der Waals surface area (Å²) in [6.45, 7) is 12.8. The van der Waals surface area contributed by atoms with Gasteiger partial charge in [-0.05, 0) is 81.3 Å². The van der Waals surface area contributed by atoms with Gasteiger partial charge < -0.3 is 34.5 Å². The minimum Gasteiger partial charge on any atom is -0.491 e. The predicted octanol–water partition coefficient (Wildman–Crippen LogP) is 6.05. The number of halogens is 1. The third-order valence-electron chi connectivity index (χ3n) is 11.1. The summed E-state index contributed by atoms with van der Waals surface area (Å²) in [5.74, 6) is -1.11. The van der Waals surface area contributed by atoms with E-state index in [4.69, 9.17) is 35.5 Å². The number of thiophene rings is 1. The van der Waals surface area contributed by atoms with Gasteiger partial charge in [0, 0.05) is 58.6 Å². The van der Waals surface area contributed by atoms with Crippen LogP contribution < -0.4 is 25.6 Å². The van der Waals surface area contributed by atoms with Gasteiger partial charge in [-0.25, -0.2) is 0 Å². The third kappa shape index (κ3) is 11.4. The molecule has 66 heavy (non-hydrogen) atoms.